The van der Waals surface area contributed by atoms with Crippen molar-refractivity contribution in [3.8, 4) is 0 Å². The first-order valence-electron chi connectivity index (χ1n) is 5.30. The zero-order chi connectivity index (χ0) is 11.9. The summed E-state index contributed by atoms with van der Waals surface area (Å²) >= 11 is 0. The fourth-order valence-electron chi connectivity index (χ4n) is 2.32. The zero-order valence-corrected chi connectivity index (χ0v) is 9.62. The second-order valence-corrected chi connectivity index (χ2v) is 4.26. The van der Waals surface area contributed by atoms with Gasteiger partial charge >= 0.3 is 0 Å². The summed E-state index contributed by atoms with van der Waals surface area (Å²) in [6, 6.07) is 4.88. The quantitative estimate of drug-likeness (QED) is 0.710. The fraction of sp³-hybridized carbons (Fsp3) is 0.308. The fourth-order valence-corrected chi connectivity index (χ4v) is 2.32. The Morgan fingerprint density at radius 2 is 2.06 bits per heavy atom. The lowest BCUT2D eigenvalue weighted by molar-refractivity contribution is 0.112. The summed E-state index contributed by atoms with van der Waals surface area (Å²) in [4.78, 5) is 11.1. The molecule has 0 atom stereocenters. The van der Waals surface area contributed by atoms with Gasteiger partial charge in [0.1, 0.15) is 5.82 Å². The van der Waals surface area contributed by atoms with Crippen LogP contribution in [-0.4, -0.2) is 10.9 Å². The van der Waals surface area contributed by atoms with Crippen molar-refractivity contribution in [2.24, 2.45) is 7.05 Å². The SMILES string of the molecule is CC(C)c1c(C=O)c2c(F)cccc2n1C. The molecule has 84 valence electrons. The third-order valence-corrected chi connectivity index (χ3v) is 2.92. The summed E-state index contributed by atoms with van der Waals surface area (Å²) in [7, 11) is 1.87. The normalized spacial score (nSPS) is 11.3. The number of hydrogen-bond donors (Lipinski definition) is 0. The lowest BCUT2D eigenvalue weighted by Crippen LogP contribution is -2.00. The van der Waals surface area contributed by atoms with Crippen LogP contribution in [0.2, 0.25) is 0 Å². The van der Waals surface area contributed by atoms with E-state index in [1.54, 1.807) is 6.07 Å². The van der Waals surface area contributed by atoms with Crippen LogP contribution in [0.3, 0.4) is 0 Å². The highest BCUT2D eigenvalue weighted by molar-refractivity contribution is 6.00. The summed E-state index contributed by atoms with van der Waals surface area (Å²) in [6.45, 7) is 4.00. The van der Waals surface area contributed by atoms with Crippen LogP contribution in [0.1, 0.15) is 35.8 Å². The van der Waals surface area contributed by atoms with Crippen molar-refractivity contribution in [2.45, 2.75) is 19.8 Å². The van der Waals surface area contributed by atoms with E-state index in [0.717, 1.165) is 17.5 Å². The third-order valence-electron chi connectivity index (χ3n) is 2.92. The van der Waals surface area contributed by atoms with E-state index < -0.39 is 0 Å². The molecular weight excluding hydrogens is 205 g/mol. The van der Waals surface area contributed by atoms with Crippen molar-refractivity contribution in [1.82, 2.24) is 4.57 Å². The number of carbonyl (C=O) groups excluding carboxylic acids is 1. The first-order chi connectivity index (χ1) is 7.57. The van der Waals surface area contributed by atoms with Gasteiger partial charge in [-0.1, -0.05) is 19.9 Å². The molecule has 0 saturated heterocycles. The maximum atomic E-state index is 13.7. The minimum atomic E-state index is -0.331. The number of hydrogen-bond acceptors (Lipinski definition) is 1. The van der Waals surface area contributed by atoms with Crippen LogP contribution < -0.4 is 0 Å². The maximum absolute atomic E-state index is 13.7. The van der Waals surface area contributed by atoms with Crippen molar-refractivity contribution in [2.75, 3.05) is 0 Å². The Balaban J connectivity index is 2.97. The zero-order valence-electron chi connectivity index (χ0n) is 9.62. The minimum absolute atomic E-state index is 0.192. The number of benzene rings is 1. The molecule has 0 bridgehead atoms. The summed E-state index contributed by atoms with van der Waals surface area (Å²) < 4.78 is 15.6. The molecule has 1 heterocycles. The molecule has 0 aliphatic carbocycles. The maximum Gasteiger partial charge on any atom is 0.152 e. The van der Waals surface area contributed by atoms with Crippen LogP contribution >= 0.6 is 0 Å². The van der Waals surface area contributed by atoms with Gasteiger partial charge in [0.15, 0.2) is 6.29 Å². The number of carbonyl (C=O) groups is 1. The second kappa shape index (κ2) is 3.74. The third kappa shape index (κ3) is 1.35. The number of aryl methyl sites for hydroxylation is 1. The lowest BCUT2D eigenvalue weighted by Gasteiger charge is -2.08. The van der Waals surface area contributed by atoms with E-state index in [2.05, 4.69) is 0 Å². The predicted molar refractivity (Wildman–Crippen MR) is 62.4 cm³/mol. The Kier molecular flexibility index (Phi) is 2.54. The largest absolute Gasteiger partial charge is 0.347 e. The molecule has 0 aliphatic heterocycles. The molecule has 16 heavy (non-hydrogen) atoms. The van der Waals surface area contributed by atoms with Crippen LogP contribution in [0, 0.1) is 5.82 Å². The molecule has 1 aromatic heterocycles. The van der Waals surface area contributed by atoms with Gasteiger partial charge in [-0.2, -0.15) is 0 Å². The average molecular weight is 219 g/mol. The summed E-state index contributed by atoms with van der Waals surface area (Å²) in [5.74, 6) is -0.140. The lowest BCUT2D eigenvalue weighted by atomic mass is 10.0. The summed E-state index contributed by atoms with van der Waals surface area (Å²) in [5.41, 5.74) is 2.13. The van der Waals surface area contributed by atoms with Gasteiger partial charge in [-0.05, 0) is 18.1 Å². The molecule has 0 amide bonds. The first-order valence-corrected chi connectivity index (χ1v) is 5.30. The Morgan fingerprint density at radius 1 is 1.38 bits per heavy atom. The van der Waals surface area contributed by atoms with E-state index in [-0.39, 0.29) is 11.7 Å². The Hall–Kier alpha value is -1.64. The van der Waals surface area contributed by atoms with E-state index >= 15 is 0 Å². The van der Waals surface area contributed by atoms with Crippen molar-refractivity contribution in [1.29, 1.82) is 0 Å². The van der Waals surface area contributed by atoms with Crippen molar-refractivity contribution < 1.29 is 9.18 Å². The Bertz CT molecular complexity index is 555. The van der Waals surface area contributed by atoms with Crippen LogP contribution in [0.4, 0.5) is 4.39 Å². The van der Waals surface area contributed by atoms with E-state index in [1.807, 2.05) is 31.5 Å². The van der Waals surface area contributed by atoms with Crippen molar-refractivity contribution in [3.05, 3.63) is 35.3 Å². The van der Waals surface area contributed by atoms with Gasteiger partial charge in [0, 0.05) is 23.7 Å². The standard InChI is InChI=1S/C13H14FNO/c1-8(2)13-9(7-16)12-10(14)5-4-6-11(12)15(13)3/h4-8H,1-3H3. The minimum Gasteiger partial charge on any atom is -0.347 e. The molecule has 0 radical (unpaired) electrons. The number of aldehydes is 1. The van der Waals surface area contributed by atoms with Gasteiger partial charge in [0.25, 0.3) is 0 Å². The summed E-state index contributed by atoms with van der Waals surface area (Å²) in [6.07, 6.45) is 0.751. The molecule has 1 aromatic carbocycles. The number of rotatable bonds is 2. The number of fused-ring (bicyclic) bond motifs is 1. The highest BCUT2D eigenvalue weighted by atomic mass is 19.1. The molecule has 0 saturated carbocycles. The molecule has 2 aromatic rings. The second-order valence-electron chi connectivity index (χ2n) is 4.26. The molecule has 0 N–H and O–H groups in total. The van der Waals surface area contributed by atoms with Gasteiger partial charge in [-0.15, -0.1) is 0 Å². The average Bonchev–Trinajstić information content (AvgIpc) is 2.53. The Morgan fingerprint density at radius 3 is 2.62 bits per heavy atom. The van der Waals surface area contributed by atoms with Gasteiger partial charge < -0.3 is 4.57 Å². The molecule has 3 heteroatoms. The molecule has 2 nitrogen and oxygen atoms in total. The van der Waals surface area contributed by atoms with Gasteiger partial charge in [-0.25, -0.2) is 4.39 Å². The monoisotopic (exact) mass is 219 g/mol. The van der Waals surface area contributed by atoms with Gasteiger partial charge in [0.05, 0.1) is 5.52 Å². The highest BCUT2D eigenvalue weighted by Crippen LogP contribution is 2.30. The van der Waals surface area contributed by atoms with E-state index in [1.165, 1.54) is 6.07 Å². The first kappa shape index (κ1) is 10.9. The van der Waals surface area contributed by atoms with Gasteiger partial charge in [0.2, 0.25) is 0 Å². The smallest absolute Gasteiger partial charge is 0.152 e. The number of aromatic nitrogens is 1. The summed E-state index contributed by atoms with van der Waals surface area (Å²) in [5, 5.41) is 0.434. The molecule has 0 spiro atoms. The number of halogens is 1. The Labute approximate surface area is 93.7 Å². The number of nitrogens with zero attached hydrogens (tertiary/aromatic N) is 1. The molecule has 0 aliphatic rings. The predicted octanol–water partition coefficient (Wildman–Crippen LogP) is 3.25. The van der Waals surface area contributed by atoms with E-state index in [0.29, 0.717) is 10.9 Å². The van der Waals surface area contributed by atoms with Crippen LogP contribution in [0.15, 0.2) is 18.2 Å². The molecular formula is C13H14FNO. The highest BCUT2D eigenvalue weighted by Gasteiger charge is 2.19. The van der Waals surface area contributed by atoms with Crippen molar-refractivity contribution >= 4 is 17.2 Å². The van der Waals surface area contributed by atoms with E-state index in [4.69, 9.17) is 0 Å². The molecule has 0 unspecified atom stereocenters. The van der Waals surface area contributed by atoms with Crippen LogP contribution in [-0.2, 0) is 7.05 Å². The van der Waals surface area contributed by atoms with Gasteiger partial charge in [-0.3, -0.25) is 4.79 Å². The van der Waals surface area contributed by atoms with Crippen LogP contribution in [0.5, 0.6) is 0 Å². The molecule has 0 fully saturated rings. The van der Waals surface area contributed by atoms with Crippen molar-refractivity contribution in [3.63, 3.8) is 0 Å². The van der Waals surface area contributed by atoms with Crippen LogP contribution in [0.25, 0.3) is 10.9 Å². The topological polar surface area (TPSA) is 22.0 Å². The molecule has 2 rings (SSSR count). The van der Waals surface area contributed by atoms with E-state index in [9.17, 15) is 9.18 Å².